The first-order valence-electron chi connectivity index (χ1n) is 14.6. The van der Waals surface area contributed by atoms with Crippen LogP contribution in [0.15, 0.2) is 60.8 Å². The van der Waals surface area contributed by atoms with Crippen molar-refractivity contribution in [1.29, 1.82) is 0 Å². The lowest BCUT2D eigenvalue weighted by Gasteiger charge is -2.34. The van der Waals surface area contributed by atoms with Gasteiger partial charge in [0.15, 0.2) is 0 Å². The first kappa shape index (κ1) is 33.3. The van der Waals surface area contributed by atoms with Crippen LogP contribution in [0.25, 0.3) is 10.9 Å². The van der Waals surface area contributed by atoms with Gasteiger partial charge in [0.2, 0.25) is 5.91 Å². The molecule has 1 amide bonds. The van der Waals surface area contributed by atoms with Crippen molar-refractivity contribution < 1.29 is 32.2 Å². The number of para-hydroxylation sites is 1. The zero-order chi connectivity index (χ0) is 30.9. The average molecular weight is 637 g/mol. The van der Waals surface area contributed by atoms with Crippen LogP contribution >= 0.6 is 23.5 Å². The molecule has 234 valence electrons. The maximum atomic E-state index is 14.4. The average Bonchev–Trinajstić information content (AvgIpc) is 3.41. The highest BCUT2D eigenvalue weighted by atomic mass is 32.2. The van der Waals surface area contributed by atoms with Crippen LogP contribution in [-0.2, 0) is 31.1 Å². The highest BCUT2D eigenvalue weighted by Crippen LogP contribution is 2.44. The van der Waals surface area contributed by atoms with E-state index in [0.717, 1.165) is 41.5 Å². The summed E-state index contributed by atoms with van der Waals surface area (Å²) in [6, 6.07) is 14.8. The van der Waals surface area contributed by atoms with E-state index in [-0.39, 0.29) is 40.9 Å². The SMILES string of the molecule is CC[C@@H](COC(=O)[C@](OC)(c1ccccc1)C(F)(F)F)[C@@H](CC(=O)NCCc1c[nH]c2ccccc12)CC1SCCCS1. The molecule has 2 N–H and O–H groups in total. The Morgan fingerprint density at radius 3 is 2.42 bits per heavy atom. The molecule has 0 radical (unpaired) electrons. The fraction of sp³-hybridized carbons (Fsp3) is 0.500. The number of carbonyl (C=O) groups is 2. The zero-order valence-corrected chi connectivity index (χ0v) is 26.1. The van der Waals surface area contributed by atoms with Crippen molar-refractivity contribution in [1.82, 2.24) is 10.3 Å². The number of nitrogens with one attached hydrogen (secondary N) is 2. The number of esters is 1. The Balaban J connectivity index is 1.43. The van der Waals surface area contributed by atoms with Crippen molar-refractivity contribution in [2.45, 2.75) is 55.4 Å². The molecule has 2 aromatic carbocycles. The number of H-pyrrole nitrogens is 1. The second kappa shape index (κ2) is 15.4. The summed E-state index contributed by atoms with van der Waals surface area (Å²) in [7, 11) is 0.861. The second-order valence-electron chi connectivity index (χ2n) is 10.7. The molecule has 1 saturated heterocycles. The van der Waals surface area contributed by atoms with Crippen LogP contribution in [0.2, 0.25) is 0 Å². The minimum atomic E-state index is -5.04. The van der Waals surface area contributed by atoms with E-state index in [1.807, 2.05) is 60.9 Å². The van der Waals surface area contributed by atoms with Crippen LogP contribution in [0.3, 0.4) is 0 Å². The van der Waals surface area contributed by atoms with Crippen molar-refractivity contribution in [2.75, 3.05) is 31.8 Å². The quantitative estimate of drug-likeness (QED) is 0.184. The van der Waals surface area contributed by atoms with Gasteiger partial charge in [-0.3, -0.25) is 4.79 Å². The normalized spacial score (nSPS) is 17.2. The smallest absolute Gasteiger partial charge is 0.432 e. The molecule has 0 bridgehead atoms. The van der Waals surface area contributed by atoms with Crippen molar-refractivity contribution >= 4 is 46.3 Å². The molecule has 1 fully saturated rings. The largest absolute Gasteiger partial charge is 0.463 e. The Hall–Kier alpha value is -2.63. The summed E-state index contributed by atoms with van der Waals surface area (Å²) in [6.07, 6.45) is 0.148. The molecular formula is C32H39F3N2O4S2. The minimum Gasteiger partial charge on any atom is -0.463 e. The highest BCUT2D eigenvalue weighted by molar-refractivity contribution is 8.17. The number of amides is 1. The Morgan fingerprint density at radius 2 is 1.74 bits per heavy atom. The van der Waals surface area contributed by atoms with E-state index >= 15 is 0 Å². The van der Waals surface area contributed by atoms with Gasteiger partial charge in [-0.2, -0.15) is 13.2 Å². The summed E-state index contributed by atoms with van der Waals surface area (Å²) in [4.78, 5) is 29.6. The topological polar surface area (TPSA) is 80.4 Å². The lowest BCUT2D eigenvalue weighted by molar-refractivity contribution is -0.276. The van der Waals surface area contributed by atoms with E-state index in [2.05, 4.69) is 10.3 Å². The summed E-state index contributed by atoms with van der Waals surface area (Å²) in [5.74, 6) is -0.0295. The van der Waals surface area contributed by atoms with Gasteiger partial charge in [0.1, 0.15) is 0 Å². The zero-order valence-electron chi connectivity index (χ0n) is 24.5. The van der Waals surface area contributed by atoms with Crippen LogP contribution in [0, 0.1) is 11.8 Å². The van der Waals surface area contributed by atoms with Crippen LogP contribution in [0.5, 0.6) is 0 Å². The summed E-state index contributed by atoms with van der Waals surface area (Å²) in [5, 5.41) is 4.15. The Kier molecular flexibility index (Phi) is 11.9. The van der Waals surface area contributed by atoms with E-state index in [9.17, 15) is 22.8 Å². The van der Waals surface area contributed by atoms with Crippen molar-refractivity contribution in [3.8, 4) is 0 Å². The van der Waals surface area contributed by atoms with Crippen LogP contribution in [-0.4, -0.2) is 59.4 Å². The maximum Gasteiger partial charge on any atom is 0.432 e. The molecule has 0 aliphatic carbocycles. The molecule has 3 atom stereocenters. The molecule has 0 unspecified atom stereocenters. The van der Waals surface area contributed by atoms with Gasteiger partial charge in [-0.05, 0) is 60.7 Å². The molecule has 43 heavy (non-hydrogen) atoms. The van der Waals surface area contributed by atoms with Gasteiger partial charge in [0.25, 0.3) is 5.60 Å². The number of hydrogen-bond donors (Lipinski definition) is 2. The third-order valence-corrected chi connectivity index (χ3v) is 11.0. The molecule has 0 saturated carbocycles. The van der Waals surface area contributed by atoms with E-state index in [1.165, 1.54) is 24.3 Å². The highest BCUT2D eigenvalue weighted by Gasteiger charge is 2.64. The maximum absolute atomic E-state index is 14.4. The number of halogens is 3. The molecule has 11 heteroatoms. The van der Waals surface area contributed by atoms with Crippen LogP contribution in [0.1, 0.15) is 43.7 Å². The third-order valence-electron chi connectivity index (χ3n) is 8.02. The minimum absolute atomic E-state index is 0.119. The summed E-state index contributed by atoms with van der Waals surface area (Å²) >= 11 is 3.70. The number of benzene rings is 2. The molecule has 1 aliphatic rings. The standard InChI is InChI=1S/C32H39F3N2O4S2/c1-3-22(21-41-30(39)31(40-2,32(33,34)35)25-10-5-4-6-11-25)24(19-29-42-16-9-17-43-29)18-28(38)36-15-14-23-20-37-27-13-8-7-12-26(23)27/h4-8,10-13,20,22,24,29,37H,3,9,14-19,21H2,1-2H3,(H,36,38)/t22-,24-,31+/m0/s1. The van der Waals surface area contributed by atoms with Crippen LogP contribution < -0.4 is 5.32 Å². The Labute approximate surface area is 259 Å². The number of thioether (sulfide) groups is 2. The van der Waals surface area contributed by atoms with Crippen molar-refractivity contribution in [3.63, 3.8) is 0 Å². The van der Waals surface area contributed by atoms with E-state index in [1.54, 1.807) is 6.07 Å². The van der Waals surface area contributed by atoms with E-state index in [0.29, 0.717) is 25.8 Å². The van der Waals surface area contributed by atoms with Gasteiger partial charge in [-0.15, -0.1) is 23.5 Å². The van der Waals surface area contributed by atoms with Gasteiger partial charge in [-0.25, -0.2) is 4.79 Å². The number of methoxy groups -OCH3 is 1. The predicted molar refractivity (Wildman–Crippen MR) is 167 cm³/mol. The first-order chi connectivity index (χ1) is 20.7. The van der Waals surface area contributed by atoms with Gasteiger partial charge in [-0.1, -0.05) is 55.5 Å². The van der Waals surface area contributed by atoms with Gasteiger partial charge < -0.3 is 19.8 Å². The Morgan fingerprint density at radius 1 is 1.05 bits per heavy atom. The lowest BCUT2D eigenvalue weighted by atomic mass is 9.85. The summed E-state index contributed by atoms with van der Waals surface area (Å²) < 4.78 is 53.7. The number of aromatic amines is 1. The van der Waals surface area contributed by atoms with Crippen molar-refractivity contribution in [3.05, 3.63) is 71.9 Å². The molecule has 6 nitrogen and oxygen atoms in total. The number of hydrogen-bond acceptors (Lipinski definition) is 6. The number of rotatable bonds is 14. The number of alkyl halides is 3. The number of aromatic nitrogens is 1. The summed E-state index contributed by atoms with van der Waals surface area (Å²) in [6.45, 7) is 2.13. The molecule has 3 aromatic rings. The Bertz CT molecular complexity index is 1330. The predicted octanol–water partition coefficient (Wildman–Crippen LogP) is 7.09. The van der Waals surface area contributed by atoms with Gasteiger partial charge >= 0.3 is 12.1 Å². The van der Waals surface area contributed by atoms with Crippen molar-refractivity contribution in [2.24, 2.45) is 11.8 Å². The molecular weight excluding hydrogens is 597 g/mol. The van der Waals surface area contributed by atoms with Gasteiger partial charge in [0.05, 0.1) is 11.2 Å². The number of fused-ring (bicyclic) bond motifs is 1. The van der Waals surface area contributed by atoms with Crippen LogP contribution in [0.4, 0.5) is 13.2 Å². The molecule has 2 heterocycles. The molecule has 1 aliphatic heterocycles. The molecule has 4 rings (SSSR count). The fourth-order valence-electron chi connectivity index (χ4n) is 5.61. The summed E-state index contributed by atoms with van der Waals surface area (Å²) in [5.41, 5.74) is -1.42. The van der Waals surface area contributed by atoms with Gasteiger partial charge in [0, 0.05) is 42.7 Å². The van der Waals surface area contributed by atoms with E-state index < -0.39 is 17.7 Å². The van der Waals surface area contributed by atoms with E-state index in [4.69, 9.17) is 9.47 Å². The second-order valence-corrected chi connectivity index (χ2v) is 13.6. The monoisotopic (exact) mass is 636 g/mol. The fourth-order valence-corrected chi connectivity index (χ4v) is 8.67. The molecule has 1 aromatic heterocycles. The molecule has 0 spiro atoms. The first-order valence-corrected chi connectivity index (χ1v) is 16.7. The number of carbonyl (C=O) groups excluding carboxylic acids is 2. The number of ether oxygens (including phenoxy) is 2. The third kappa shape index (κ3) is 8.10. The lowest BCUT2D eigenvalue weighted by Crippen LogP contribution is -2.52.